The summed E-state index contributed by atoms with van der Waals surface area (Å²) in [4.78, 5) is 12.8. The summed E-state index contributed by atoms with van der Waals surface area (Å²) in [6.45, 7) is 2.57. The number of alkyl halides is 1. The number of ether oxygens (including phenoxy) is 1. The minimum absolute atomic E-state index is 0.114. The maximum atomic E-state index is 12.1. The number of hydrogen-bond donors (Lipinski definition) is 1. The predicted molar refractivity (Wildman–Crippen MR) is 90.2 cm³/mol. The highest BCUT2D eigenvalue weighted by Gasteiger charge is 2.12. The predicted octanol–water partition coefficient (Wildman–Crippen LogP) is 5.06. The van der Waals surface area contributed by atoms with Gasteiger partial charge < -0.3 is 10.1 Å². The zero-order chi connectivity index (χ0) is 14.5. The van der Waals surface area contributed by atoms with Crippen molar-refractivity contribution in [3.63, 3.8) is 0 Å². The van der Waals surface area contributed by atoms with Crippen LogP contribution in [0.2, 0.25) is 0 Å². The molecule has 0 atom stereocenters. The van der Waals surface area contributed by atoms with Gasteiger partial charge in [-0.3, -0.25) is 4.79 Å². The lowest BCUT2D eigenvalue weighted by atomic mass is 10.2. The number of nitrogens with one attached hydrogen (secondary N) is 1. The van der Waals surface area contributed by atoms with Gasteiger partial charge in [0.1, 0.15) is 10.6 Å². The first-order valence-corrected chi connectivity index (χ1v) is 8.81. The molecule has 1 aromatic heterocycles. The number of thiophene rings is 1. The molecule has 0 aliphatic heterocycles. The molecule has 1 amide bonds. The zero-order valence-electron chi connectivity index (χ0n) is 10.8. The number of amides is 1. The minimum atomic E-state index is -0.114. The molecule has 1 heterocycles. The fourth-order valence-electron chi connectivity index (χ4n) is 1.70. The molecular formula is C14H13Br2NO2S. The van der Waals surface area contributed by atoms with Gasteiger partial charge in [-0.15, -0.1) is 11.3 Å². The molecule has 20 heavy (non-hydrogen) atoms. The molecule has 1 N–H and O–H groups in total. The molecule has 0 saturated heterocycles. The molecule has 0 saturated carbocycles. The van der Waals surface area contributed by atoms with Crippen LogP contribution in [-0.2, 0) is 5.33 Å². The van der Waals surface area contributed by atoms with Crippen LogP contribution in [0.1, 0.15) is 22.2 Å². The summed E-state index contributed by atoms with van der Waals surface area (Å²) in [5.41, 5.74) is 1.77. The van der Waals surface area contributed by atoms with Crippen molar-refractivity contribution in [3.8, 4) is 5.75 Å². The zero-order valence-corrected chi connectivity index (χ0v) is 14.8. The average molecular weight is 419 g/mol. The molecule has 3 nitrogen and oxygen atoms in total. The highest BCUT2D eigenvalue weighted by atomic mass is 79.9. The Balaban J connectivity index is 2.18. The summed E-state index contributed by atoms with van der Waals surface area (Å²) in [7, 11) is 0. The molecule has 2 aromatic rings. The Hall–Kier alpha value is -0.850. The third-order valence-electron chi connectivity index (χ3n) is 2.59. The van der Waals surface area contributed by atoms with Crippen LogP contribution in [0.4, 0.5) is 5.69 Å². The summed E-state index contributed by atoms with van der Waals surface area (Å²) in [6, 6.07) is 7.50. The smallest absolute Gasteiger partial charge is 0.266 e. The van der Waals surface area contributed by atoms with Gasteiger partial charge in [-0.05, 0) is 52.5 Å². The Kier molecular flexibility index (Phi) is 5.63. The van der Waals surface area contributed by atoms with Gasteiger partial charge in [-0.1, -0.05) is 15.9 Å². The first-order chi connectivity index (χ1) is 9.65. The number of hydrogen-bond acceptors (Lipinski definition) is 3. The van der Waals surface area contributed by atoms with Gasteiger partial charge in [0.15, 0.2) is 0 Å². The lowest BCUT2D eigenvalue weighted by molar-refractivity contribution is 0.103. The molecule has 0 radical (unpaired) electrons. The molecule has 106 valence electrons. The molecule has 0 aliphatic rings. The third kappa shape index (κ3) is 3.62. The highest BCUT2D eigenvalue weighted by molar-refractivity contribution is 9.10. The molecule has 0 spiro atoms. The quantitative estimate of drug-likeness (QED) is 0.689. The van der Waals surface area contributed by atoms with Crippen molar-refractivity contribution in [1.29, 1.82) is 0 Å². The number of halogens is 2. The van der Waals surface area contributed by atoms with Gasteiger partial charge in [0.25, 0.3) is 5.91 Å². The van der Waals surface area contributed by atoms with Crippen molar-refractivity contribution in [2.24, 2.45) is 0 Å². The molecule has 0 aliphatic carbocycles. The molecule has 0 unspecified atom stereocenters. The van der Waals surface area contributed by atoms with Gasteiger partial charge in [-0.25, -0.2) is 0 Å². The maximum Gasteiger partial charge on any atom is 0.266 e. The molecule has 0 bridgehead atoms. The van der Waals surface area contributed by atoms with Crippen LogP contribution in [0.15, 0.2) is 34.1 Å². The van der Waals surface area contributed by atoms with Gasteiger partial charge in [0, 0.05) is 21.1 Å². The Morgan fingerprint density at radius 2 is 2.20 bits per heavy atom. The van der Waals surface area contributed by atoms with Crippen LogP contribution in [0.25, 0.3) is 0 Å². The third-order valence-corrected chi connectivity index (χ3v) is 5.03. The van der Waals surface area contributed by atoms with Gasteiger partial charge >= 0.3 is 0 Å². The number of rotatable bonds is 5. The summed E-state index contributed by atoms with van der Waals surface area (Å²) in [5.74, 6) is 0.719. The van der Waals surface area contributed by atoms with Crippen molar-refractivity contribution >= 4 is 54.8 Å². The van der Waals surface area contributed by atoms with Crippen LogP contribution in [0.5, 0.6) is 5.75 Å². The SMILES string of the molecule is CCOc1ccc(NC(=O)c2sccc2Br)cc1CBr. The Morgan fingerprint density at radius 3 is 2.80 bits per heavy atom. The van der Waals surface area contributed by atoms with E-state index in [1.165, 1.54) is 11.3 Å². The number of benzene rings is 1. The number of anilines is 1. The van der Waals surface area contributed by atoms with Gasteiger partial charge in [0.05, 0.1) is 6.61 Å². The fraction of sp³-hybridized carbons (Fsp3) is 0.214. The van der Waals surface area contributed by atoms with Crippen LogP contribution in [0.3, 0.4) is 0 Å². The normalized spacial score (nSPS) is 10.3. The van der Waals surface area contributed by atoms with Crippen LogP contribution >= 0.6 is 43.2 Å². The van der Waals surface area contributed by atoms with E-state index in [4.69, 9.17) is 4.74 Å². The molecule has 1 aromatic carbocycles. The largest absolute Gasteiger partial charge is 0.494 e. The topological polar surface area (TPSA) is 38.3 Å². The average Bonchev–Trinajstić information content (AvgIpc) is 2.87. The van der Waals surface area contributed by atoms with E-state index >= 15 is 0 Å². The second-order valence-corrected chi connectivity index (χ2v) is 6.27. The van der Waals surface area contributed by atoms with E-state index in [1.807, 2.05) is 36.6 Å². The Bertz CT molecular complexity index is 613. The van der Waals surface area contributed by atoms with E-state index in [0.29, 0.717) is 16.8 Å². The summed E-state index contributed by atoms with van der Waals surface area (Å²) in [6.07, 6.45) is 0. The van der Waals surface area contributed by atoms with Gasteiger partial charge in [0.2, 0.25) is 0 Å². The summed E-state index contributed by atoms with van der Waals surface area (Å²) >= 11 is 8.20. The van der Waals surface area contributed by atoms with Crippen molar-refractivity contribution in [2.45, 2.75) is 12.3 Å². The monoisotopic (exact) mass is 417 g/mol. The van der Waals surface area contributed by atoms with Gasteiger partial charge in [-0.2, -0.15) is 0 Å². The van der Waals surface area contributed by atoms with Crippen LogP contribution in [0, 0.1) is 0 Å². The highest BCUT2D eigenvalue weighted by Crippen LogP contribution is 2.27. The van der Waals surface area contributed by atoms with E-state index in [0.717, 1.165) is 21.5 Å². The Morgan fingerprint density at radius 1 is 1.40 bits per heavy atom. The second kappa shape index (κ2) is 7.24. The van der Waals surface area contributed by atoms with Crippen LogP contribution in [-0.4, -0.2) is 12.5 Å². The molecule has 6 heteroatoms. The standard InChI is InChI=1S/C14H13Br2NO2S/c1-2-19-12-4-3-10(7-9(12)8-15)17-14(18)13-11(16)5-6-20-13/h3-7H,2,8H2,1H3,(H,17,18). The second-order valence-electron chi connectivity index (χ2n) is 3.94. The van der Waals surface area contributed by atoms with Crippen molar-refractivity contribution < 1.29 is 9.53 Å². The molecule has 0 fully saturated rings. The number of carbonyl (C=O) groups is 1. The van der Waals surface area contributed by atoms with E-state index < -0.39 is 0 Å². The van der Waals surface area contributed by atoms with E-state index in [2.05, 4.69) is 37.2 Å². The van der Waals surface area contributed by atoms with E-state index in [-0.39, 0.29) is 5.91 Å². The lowest BCUT2D eigenvalue weighted by Gasteiger charge is -2.11. The summed E-state index contributed by atoms with van der Waals surface area (Å²) in [5, 5.41) is 5.45. The van der Waals surface area contributed by atoms with Crippen molar-refractivity contribution in [2.75, 3.05) is 11.9 Å². The fourth-order valence-corrected chi connectivity index (χ4v) is 3.59. The number of carbonyl (C=O) groups excluding carboxylic acids is 1. The first-order valence-electron chi connectivity index (χ1n) is 6.01. The van der Waals surface area contributed by atoms with Crippen molar-refractivity contribution in [3.05, 3.63) is 44.6 Å². The Labute approximate surface area is 138 Å². The minimum Gasteiger partial charge on any atom is -0.494 e. The lowest BCUT2D eigenvalue weighted by Crippen LogP contribution is -2.11. The van der Waals surface area contributed by atoms with Crippen molar-refractivity contribution in [1.82, 2.24) is 0 Å². The first kappa shape index (κ1) is 15.5. The maximum absolute atomic E-state index is 12.1. The molecule has 2 rings (SSSR count). The van der Waals surface area contributed by atoms with Crippen LogP contribution < -0.4 is 10.1 Å². The summed E-state index contributed by atoms with van der Waals surface area (Å²) < 4.78 is 6.34. The van der Waals surface area contributed by atoms with E-state index in [1.54, 1.807) is 0 Å². The molecular weight excluding hydrogens is 406 g/mol. The van der Waals surface area contributed by atoms with E-state index in [9.17, 15) is 4.79 Å².